The van der Waals surface area contributed by atoms with Gasteiger partial charge >= 0.3 is 11.9 Å². The molecule has 0 saturated heterocycles. The number of ether oxygens (including phenoxy) is 4. The van der Waals surface area contributed by atoms with Gasteiger partial charge in [0.2, 0.25) is 11.8 Å². The van der Waals surface area contributed by atoms with E-state index in [0.29, 0.717) is 11.5 Å². The van der Waals surface area contributed by atoms with Crippen LogP contribution in [0.5, 0.6) is 11.5 Å². The number of hydrogen-bond donors (Lipinski definition) is 0. The fraction of sp³-hybridized carbons (Fsp3) is 0.167. The zero-order chi connectivity index (χ0) is 34.4. The summed E-state index contributed by atoms with van der Waals surface area (Å²) in [7, 11) is 2.88. The first-order chi connectivity index (χ1) is 23.0. The lowest BCUT2D eigenvalue weighted by atomic mass is 9.73. The van der Waals surface area contributed by atoms with Crippen molar-refractivity contribution >= 4 is 46.9 Å². The second-order valence-corrected chi connectivity index (χ2v) is 11.0. The van der Waals surface area contributed by atoms with Crippen molar-refractivity contribution in [2.45, 2.75) is 25.0 Å². The van der Waals surface area contributed by atoms with Crippen molar-refractivity contribution in [2.75, 3.05) is 24.0 Å². The second kappa shape index (κ2) is 11.8. The molecular formula is C36H28N2O10. The summed E-state index contributed by atoms with van der Waals surface area (Å²) in [4.78, 5) is 86.0. The van der Waals surface area contributed by atoms with Crippen molar-refractivity contribution in [2.24, 2.45) is 0 Å². The van der Waals surface area contributed by atoms with Crippen LogP contribution in [0.2, 0.25) is 0 Å². The van der Waals surface area contributed by atoms with Crippen LogP contribution in [0.4, 0.5) is 11.4 Å². The van der Waals surface area contributed by atoms with Crippen LogP contribution in [-0.2, 0) is 39.9 Å². The Morgan fingerprint density at radius 3 is 1.17 bits per heavy atom. The summed E-state index contributed by atoms with van der Waals surface area (Å²) in [5.41, 5.74) is -6.09. The molecule has 2 aliphatic rings. The molecule has 0 bridgehead atoms. The van der Waals surface area contributed by atoms with E-state index >= 15 is 0 Å². The van der Waals surface area contributed by atoms with Gasteiger partial charge in [0.15, 0.2) is 0 Å². The van der Waals surface area contributed by atoms with Gasteiger partial charge in [-0.2, -0.15) is 0 Å². The molecule has 0 aromatic heterocycles. The summed E-state index contributed by atoms with van der Waals surface area (Å²) in [6, 6.07) is 23.3. The van der Waals surface area contributed by atoms with E-state index in [2.05, 4.69) is 0 Å². The lowest BCUT2D eigenvalue weighted by Gasteiger charge is -2.42. The molecule has 2 atom stereocenters. The van der Waals surface area contributed by atoms with E-state index in [9.17, 15) is 28.8 Å². The van der Waals surface area contributed by atoms with Gasteiger partial charge in [0, 0.05) is 25.0 Å². The third kappa shape index (κ3) is 4.52. The summed E-state index contributed by atoms with van der Waals surface area (Å²) in [5, 5.41) is 0. The average molecular weight is 649 g/mol. The van der Waals surface area contributed by atoms with Gasteiger partial charge in [-0.25, -0.2) is 19.4 Å². The number of fused-ring (bicyclic) bond motifs is 2. The number of nitrogens with zero attached hydrogens (tertiary/aromatic N) is 2. The van der Waals surface area contributed by atoms with Crippen molar-refractivity contribution in [1.29, 1.82) is 0 Å². The number of esters is 2. The van der Waals surface area contributed by atoms with Gasteiger partial charge in [-0.3, -0.25) is 19.2 Å². The van der Waals surface area contributed by atoms with Crippen molar-refractivity contribution in [3.8, 4) is 11.5 Å². The number of methoxy groups -OCH3 is 2. The highest BCUT2D eigenvalue weighted by Crippen LogP contribution is 2.60. The number of amides is 4. The molecule has 4 aromatic carbocycles. The molecule has 6 rings (SSSR count). The molecule has 0 saturated carbocycles. The molecule has 0 N–H and O–H groups in total. The van der Waals surface area contributed by atoms with Gasteiger partial charge in [-0.1, -0.05) is 36.4 Å². The largest absolute Gasteiger partial charge is 0.497 e. The zero-order valence-corrected chi connectivity index (χ0v) is 26.2. The van der Waals surface area contributed by atoms with Gasteiger partial charge < -0.3 is 18.9 Å². The van der Waals surface area contributed by atoms with Crippen LogP contribution in [0.15, 0.2) is 97.1 Å². The summed E-state index contributed by atoms with van der Waals surface area (Å²) in [6.07, 6.45) is 0. The first-order valence-corrected chi connectivity index (χ1v) is 14.7. The molecule has 2 heterocycles. The topological polar surface area (TPSA) is 146 Å². The number of carbonyl (C=O) groups is 6. The molecule has 242 valence electrons. The Morgan fingerprint density at radius 1 is 0.521 bits per heavy atom. The highest BCUT2D eigenvalue weighted by atomic mass is 16.6. The Balaban J connectivity index is 1.69. The standard InChI is InChI=1S/C36H28N2O10/c1-21(39)37-29-11-7-5-9-27(29)35(33(37)43,47-31(41)23-13-17-25(45-3)18-14-23)36(48-32(42)24-15-19-26(46-4)20-16-24)28-10-6-8-12-30(28)38(22(2)40)34(36)44/h5-20H,1-4H3/t35-,36+. The van der Waals surface area contributed by atoms with Crippen LogP contribution < -0.4 is 19.3 Å². The number of benzene rings is 4. The minimum absolute atomic E-state index is 0.0102. The number of hydrogen-bond acceptors (Lipinski definition) is 10. The predicted octanol–water partition coefficient (Wildman–Crippen LogP) is 4.29. The maximum absolute atomic E-state index is 15.0. The molecule has 4 aromatic rings. The first-order valence-electron chi connectivity index (χ1n) is 14.7. The van der Waals surface area contributed by atoms with Gasteiger partial charge in [0.1, 0.15) is 11.5 Å². The number of para-hydroxylation sites is 2. The SMILES string of the molecule is COc1ccc(C(=O)O[C@]2([C@]3(OC(=O)c4ccc(OC)cc4)C(=O)N(C(C)=O)c4ccccc43)C(=O)N(C(C)=O)c3ccccc32)cc1. The summed E-state index contributed by atoms with van der Waals surface area (Å²) in [5.74, 6) is -5.26. The maximum atomic E-state index is 15.0. The Kier molecular flexibility index (Phi) is 7.79. The Morgan fingerprint density at radius 2 is 0.854 bits per heavy atom. The summed E-state index contributed by atoms with van der Waals surface area (Å²) in [6.45, 7) is 2.25. The number of anilines is 2. The van der Waals surface area contributed by atoms with Gasteiger partial charge in [0.25, 0.3) is 23.0 Å². The highest BCUT2D eigenvalue weighted by Gasteiger charge is 2.77. The van der Waals surface area contributed by atoms with E-state index in [1.807, 2.05) is 0 Å². The van der Waals surface area contributed by atoms with Gasteiger partial charge in [-0.15, -0.1) is 0 Å². The third-order valence-corrected chi connectivity index (χ3v) is 8.33. The van der Waals surface area contributed by atoms with Crippen LogP contribution in [0, 0.1) is 0 Å². The van der Waals surface area contributed by atoms with E-state index in [4.69, 9.17) is 18.9 Å². The fourth-order valence-electron chi connectivity index (χ4n) is 6.19. The third-order valence-electron chi connectivity index (χ3n) is 8.33. The van der Waals surface area contributed by atoms with Crippen molar-refractivity contribution in [3.05, 3.63) is 119 Å². The maximum Gasteiger partial charge on any atom is 0.339 e. The van der Waals surface area contributed by atoms with Crippen LogP contribution in [-0.4, -0.2) is 49.8 Å². The van der Waals surface area contributed by atoms with E-state index in [0.717, 1.165) is 23.6 Å². The molecule has 4 amide bonds. The lowest BCUT2D eigenvalue weighted by molar-refractivity contribution is -0.186. The van der Waals surface area contributed by atoms with Crippen LogP contribution in [0.25, 0.3) is 0 Å². The smallest absolute Gasteiger partial charge is 0.339 e. The fourth-order valence-corrected chi connectivity index (χ4v) is 6.19. The van der Waals surface area contributed by atoms with E-state index in [-0.39, 0.29) is 33.6 Å². The predicted molar refractivity (Wildman–Crippen MR) is 169 cm³/mol. The molecule has 48 heavy (non-hydrogen) atoms. The average Bonchev–Trinajstić information content (AvgIpc) is 3.50. The highest BCUT2D eigenvalue weighted by molar-refractivity contribution is 6.29. The van der Waals surface area contributed by atoms with Gasteiger partial charge in [0.05, 0.1) is 36.7 Å². The van der Waals surface area contributed by atoms with E-state index in [1.165, 1.54) is 99.1 Å². The minimum atomic E-state index is -2.86. The Labute approximate surface area is 274 Å². The number of rotatable bonds is 7. The van der Waals surface area contributed by atoms with Crippen LogP contribution >= 0.6 is 0 Å². The normalized spacial score (nSPS) is 19.3. The molecular weight excluding hydrogens is 620 g/mol. The summed E-state index contributed by atoms with van der Waals surface area (Å²) < 4.78 is 22.8. The number of carbonyl (C=O) groups excluding carboxylic acids is 6. The Bertz CT molecular complexity index is 1860. The summed E-state index contributed by atoms with van der Waals surface area (Å²) >= 11 is 0. The molecule has 0 radical (unpaired) electrons. The second-order valence-electron chi connectivity index (χ2n) is 11.0. The monoisotopic (exact) mass is 648 g/mol. The molecule has 0 fully saturated rings. The molecule has 12 heteroatoms. The van der Waals surface area contributed by atoms with Crippen molar-refractivity contribution in [3.63, 3.8) is 0 Å². The van der Waals surface area contributed by atoms with Gasteiger partial charge in [-0.05, 0) is 60.7 Å². The van der Waals surface area contributed by atoms with E-state index < -0.39 is 46.8 Å². The molecule has 0 aliphatic carbocycles. The molecule has 0 unspecified atom stereocenters. The minimum Gasteiger partial charge on any atom is -0.497 e. The quantitative estimate of drug-likeness (QED) is 0.266. The zero-order valence-electron chi connectivity index (χ0n) is 26.2. The van der Waals surface area contributed by atoms with Crippen LogP contribution in [0.1, 0.15) is 45.7 Å². The first kappa shape index (κ1) is 31.7. The van der Waals surface area contributed by atoms with Crippen LogP contribution in [0.3, 0.4) is 0 Å². The van der Waals surface area contributed by atoms with Crippen molar-refractivity contribution < 1.29 is 47.7 Å². The van der Waals surface area contributed by atoms with Crippen molar-refractivity contribution in [1.82, 2.24) is 0 Å². The molecule has 12 nitrogen and oxygen atoms in total. The Hall–Kier alpha value is -6.30. The molecule has 2 aliphatic heterocycles. The van der Waals surface area contributed by atoms with E-state index in [1.54, 1.807) is 12.1 Å². The number of imide groups is 2. The molecule has 0 spiro atoms. The lowest BCUT2D eigenvalue weighted by Crippen LogP contribution is -2.64.